The van der Waals surface area contributed by atoms with Gasteiger partial charge >= 0.3 is 5.97 Å². The summed E-state index contributed by atoms with van der Waals surface area (Å²) in [6.45, 7) is 6.06. The smallest absolute Gasteiger partial charge is 0.320 e. The molecule has 0 aromatic heterocycles. The lowest BCUT2D eigenvalue weighted by Gasteiger charge is -2.34. The number of carbonyl (C=O) groups is 1. The second-order valence-electron chi connectivity index (χ2n) is 3.83. The van der Waals surface area contributed by atoms with Crippen molar-refractivity contribution in [1.82, 2.24) is 4.90 Å². The summed E-state index contributed by atoms with van der Waals surface area (Å²) in [4.78, 5) is 13.6. The molecule has 1 heterocycles. The Kier molecular flexibility index (Phi) is 4.94. The summed E-state index contributed by atoms with van der Waals surface area (Å²) in [6.07, 6.45) is 4.89. The molecule has 3 heteroatoms. The molecule has 0 radical (unpaired) electrons. The molecule has 1 rings (SSSR count). The molecule has 82 valence electrons. The molecular formula is C11H21NO2. The van der Waals surface area contributed by atoms with Gasteiger partial charge in [-0.15, -0.1) is 0 Å². The third-order valence-corrected chi connectivity index (χ3v) is 2.86. The molecule has 1 aliphatic heterocycles. The number of piperidine rings is 1. The number of ether oxygens (including phenoxy) is 1. The van der Waals surface area contributed by atoms with Crippen molar-refractivity contribution in [2.24, 2.45) is 0 Å². The number of rotatable bonds is 4. The summed E-state index contributed by atoms with van der Waals surface area (Å²) < 4.78 is 4.96. The van der Waals surface area contributed by atoms with E-state index in [4.69, 9.17) is 4.74 Å². The van der Waals surface area contributed by atoms with E-state index >= 15 is 0 Å². The zero-order valence-electron chi connectivity index (χ0n) is 9.29. The van der Waals surface area contributed by atoms with Gasteiger partial charge in [-0.3, -0.25) is 9.69 Å². The molecule has 0 aromatic rings. The Balaban J connectivity index is 2.36. The monoisotopic (exact) mass is 199 g/mol. The molecule has 0 saturated carbocycles. The zero-order valence-corrected chi connectivity index (χ0v) is 9.29. The van der Waals surface area contributed by atoms with Crippen LogP contribution in [0.25, 0.3) is 0 Å². The van der Waals surface area contributed by atoms with E-state index in [0.29, 0.717) is 19.2 Å². The average molecular weight is 199 g/mol. The highest BCUT2D eigenvalue weighted by atomic mass is 16.5. The summed E-state index contributed by atoms with van der Waals surface area (Å²) in [5.41, 5.74) is 0. The van der Waals surface area contributed by atoms with Crippen molar-refractivity contribution in [2.45, 2.75) is 45.6 Å². The van der Waals surface area contributed by atoms with Gasteiger partial charge in [0.1, 0.15) is 0 Å². The van der Waals surface area contributed by atoms with E-state index in [1.54, 1.807) is 0 Å². The highest BCUT2D eigenvalue weighted by Crippen LogP contribution is 2.18. The molecule has 0 bridgehead atoms. The Morgan fingerprint density at radius 3 is 2.86 bits per heavy atom. The molecule has 1 unspecified atom stereocenters. The number of likely N-dealkylation sites (tertiary alicyclic amines) is 1. The van der Waals surface area contributed by atoms with E-state index in [9.17, 15) is 4.79 Å². The number of hydrogen-bond donors (Lipinski definition) is 0. The minimum atomic E-state index is -0.0761. The first-order valence-electron chi connectivity index (χ1n) is 5.67. The lowest BCUT2D eigenvalue weighted by molar-refractivity contribution is -0.145. The Morgan fingerprint density at radius 2 is 2.21 bits per heavy atom. The quantitative estimate of drug-likeness (QED) is 0.647. The SMILES string of the molecule is CCOC(=O)CN1CCCCC1CC. The lowest BCUT2D eigenvalue weighted by Crippen LogP contribution is -2.42. The molecule has 0 amide bonds. The van der Waals surface area contributed by atoms with E-state index in [-0.39, 0.29) is 5.97 Å². The highest BCUT2D eigenvalue weighted by Gasteiger charge is 2.22. The van der Waals surface area contributed by atoms with Crippen LogP contribution in [0.1, 0.15) is 39.5 Å². The fourth-order valence-corrected chi connectivity index (χ4v) is 2.10. The normalized spacial score (nSPS) is 23.4. The van der Waals surface area contributed by atoms with Crippen LogP contribution in [0.4, 0.5) is 0 Å². The number of carbonyl (C=O) groups excluding carboxylic acids is 1. The van der Waals surface area contributed by atoms with E-state index in [0.717, 1.165) is 13.0 Å². The van der Waals surface area contributed by atoms with Gasteiger partial charge in [0.25, 0.3) is 0 Å². The standard InChI is InChI=1S/C11H21NO2/c1-3-10-7-5-6-8-12(10)9-11(13)14-4-2/h10H,3-9H2,1-2H3. The Hall–Kier alpha value is -0.570. The van der Waals surface area contributed by atoms with Gasteiger partial charge in [-0.2, -0.15) is 0 Å². The van der Waals surface area contributed by atoms with Crippen molar-refractivity contribution in [3.05, 3.63) is 0 Å². The van der Waals surface area contributed by atoms with Crippen molar-refractivity contribution in [2.75, 3.05) is 19.7 Å². The summed E-state index contributed by atoms with van der Waals surface area (Å²) >= 11 is 0. The van der Waals surface area contributed by atoms with Crippen LogP contribution in [0.5, 0.6) is 0 Å². The van der Waals surface area contributed by atoms with Crippen LogP contribution in [-0.2, 0) is 9.53 Å². The van der Waals surface area contributed by atoms with E-state index in [1.807, 2.05) is 6.92 Å². The van der Waals surface area contributed by atoms with Crippen molar-refractivity contribution in [3.8, 4) is 0 Å². The van der Waals surface area contributed by atoms with Crippen LogP contribution >= 0.6 is 0 Å². The summed E-state index contributed by atoms with van der Waals surface area (Å²) in [5, 5.41) is 0. The average Bonchev–Trinajstić information content (AvgIpc) is 2.19. The number of nitrogens with zero attached hydrogens (tertiary/aromatic N) is 1. The van der Waals surface area contributed by atoms with Crippen LogP contribution in [-0.4, -0.2) is 36.6 Å². The number of hydrogen-bond acceptors (Lipinski definition) is 3. The van der Waals surface area contributed by atoms with Crippen LogP contribution in [0.2, 0.25) is 0 Å². The molecule has 0 aliphatic carbocycles. The second-order valence-corrected chi connectivity index (χ2v) is 3.83. The molecule has 1 saturated heterocycles. The van der Waals surface area contributed by atoms with E-state index in [1.165, 1.54) is 19.3 Å². The third kappa shape index (κ3) is 3.29. The highest BCUT2D eigenvalue weighted by molar-refractivity contribution is 5.71. The fourth-order valence-electron chi connectivity index (χ4n) is 2.10. The molecule has 14 heavy (non-hydrogen) atoms. The molecule has 0 N–H and O–H groups in total. The largest absolute Gasteiger partial charge is 0.465 e. The van der Waals surface area contributed by atoms with Crippen LogP contribution < -0.4 is 0 Å². The Bertz CT molecular complexity index is 182. The van der Waals surface area contributed by atoms with Crippen molar-refractivity contribution in [1.29, 1.82) is 0 Å². The second kappa shape index (κ2) is 6.02. The third-order valence-electron chi connectivity index (χ3n) is 2.86. The fraction of sp³-hybridized carbons (Fsp3) is 0.909. The topological polar surface area (TPSA) is 29.5 Å². The molecule has 1 aliphatic rings. The molecule has 0 aromatic carbocycles. The molecule has 0 spiro atoms. The maximum atomic E-state index is 11.3. The van der Waals surface area contributed by atoms with Crippen molar-refractivity contribution in [3.63, 3.8) is 0 Å². The van der Waals surface area contributed by atoms with Crippen LogP contribution in [0.3, 0.4) is 0 Å². The van der Waals surface area contributed by atoms with Gasteiger partial charge < -0.3 is 4.74 Å². The summed E-state index contributed by atoms with van der Waals surface area (Å²) in [6, 6.07) is 0.591. The van der Waals surface area contributed by atoms with Gasteiger partial charge in [0.15, 0.2) is 0 Å². The predicted molar refractivity (Wildman–Crippen MR) is 56.1 cm³/mol. The van der Waals surface area contributed by atoms with E-state index < -0.39 is 0 Å². The van der Waals surface area contributed by atoms with Gasteiger partial charge in [-0.05, 0) is 32.7 Å². The summed E-state index contributed by atoms with van der Waals surface area (Å²) in [7, 11) is 0. The van der Waals surface area contributed by atoms with Gasteiger partial charge in [0.05, 0.1) is 13.2 Å². The minimum absolute atomic E-state index is 0.0761. The molecule has 1 atom stereocenters. The first-order chi connectivity index (χ1) is 6.77. The summed E-state index contributed by atoms with van der Waals surface area (Å²) in [5.74, 6) is -0.0761. The lowest BCUT2D eigenvalue weighted by atomic mass is 10.0. The number of esters is 1. The molecule has 3 nitrogen and oxygen atoms in total. The van der Waals surface area contributed by atoms with E-state index in [2.05, 4.69) is 11.8 Å². The first-order valence-corrected chi connectivity index (χ1v) is 5.67. The first kappa shape index (κ1) is 11.5. The van der Waals surface area contributed by atoms with Crippen molar-refractivity contribution >= 4 is 5.97 Å². The van der Waals surface area contributed by atoms with Gasteiger partial charge in [0, 0.05) is 6.04 Å². The Morgan fingerprint density at radius 1 is 1.43 bits per heavy atom. The van der Waals surface area contributed by atoms with Crippen molar-refractivity contribution < 1.29 is 9.53 Å². The molecule has 1 fully saturated rings. The van der Waals surface area contributed by atoms with Crippen LogP contribution in [0.15, 0.2) is 0 Å². The predicted octanol–water partition coefficient (Wildman–Crippen LogP) is 1.81. The molecular weight excluding hydrogens is 178 g/mol. The van der Waals surface area contributed by atoms with Gasteiger partial charge in [0.2, 0.25) is 0 Å². The van der Waals surface area contributed by atoms with Gasteiger partial charge in [-0.25, -0.2) is 0 Å². The Labute approximate surface area is 86.4 Å². The zero-order chi connectivity index (χ0) is 10.4. The van der Waals surface area contributed by atoms with Crippen LogP contribution in [0, 0.1) is 0 Å². The van der Waals surface area contributed by atoms with Gasteiger partial charge in [-0.1, -0.05) is 13.3 Å². The maximum absolute atomic E-state index is 11.3. The maximum Gasteiger partial charge on any atom is 0.320 e. The minimum Gasteiger partial charge on any atom is -0.465 e.